The van der Waals surface area contributed by atoms with E-state index in [1.54, 1.807) is 23.3 Å². The fourth-order valence-corrected chi connectivity index (χ4v) is 2.46. The average molecular weight is 335 g/mol. The number of para-hydroxylation sites is 1. The van der Waals surface area contributed by atoms with Gasteiger partial charge in [-0.2, -0.15) is 5.10 Å². The zero-order valence-corrected chi connectivity index (χ0v) is 14.4. The minimum Gasteiger partial charge on any atom is -0.351 e. The van der Waals surface area contributed by atoms with Crippen molar-refractivity contribution >= 4 is 5.91 Å². The number of pyridine rings is 1. The fraction of sp³-hybridized carbons (Fsp3) is 0.211. The van der Waals surface area contributed by atoms with Crippen molar-refractivity contribution in [2.45, 2.75) is 0 Å². The summed E-state index contributed by atoms with van der Waals surface area (Å²) in [5.41, 5.74) is 2.88. The summed E-state index contributed by atoms with van der Waals surface area (Å²) in [7, 11) is 3.95. The van der Waals surface area contributed by atoms with E-state index in [0.717, 1.165) is 17.8 Å². The van der Waals surface area contributed by atoms with E-state index in [4.69, 9.17) is 0 Å². The van der Waals surface area contributed by atoms with Gasteiger partial charge in [-0.1, -0.05) is 18.2 Å². The highest BCUT2D eigenvalue weighted by molar-refractivity contribution is 5.99. The summed E-state index contributed by atoms with van der Waals surface area (Å²) in [5, 5.41) is 7.57. The number of benzene rings is 1. The van der Waals surface area contributed by atoms with Gasteiger partial charge < -0.3 is 10.2 Å². The topological polar surface area (TPSA) is 63.1 Å². The van der Waals surface area contributed by atoms with Gasteiger partial charge in [0.05, 0.1) is 11.3 Å². The first kappa shape index (κ1) is 16.9. The summed E-state index contributed by atoms with van der Waals surface area (Å²) in [4.78, 5) is 18.8. The van der Waals surface area contributed by atoms with Gasteiger partial charge in [0.25, 0.3) is 5.91 Å². The molecule has 6 nitrogen and oxygen atoms in total. The van der Waals surface area contributed by atoms with Gasteiger partial charge in [-0.3, -0.25) is 9.78 Å². The Labute approximate surface area is 147 Å². The van der Waals surface area contributed by atoms with Crippen molar-refractivity contribution in [2.75, 3.05) is 27.2 Å². The molecule has 2 heterocycles. The molecule has 25 heavy (non-hydrogen) atoms. The van der Waals surface area contributed by atoms with Crippen LogP contribution in [0.25, 0.3) is 16.9 Å². The Bertz CT molecular complexity index is 828. The molecule has 0 aliphatic carbocycles. The number of amides is 1. The van der Waals surface area contributed by atoms with Crippen LogP contribution in [0, 0.1) is 0 Å². The summed E-state index contributed by atoms with van der Waals surface area (Å²) < 4.78 is 1.73. The summed E-state index contributed by atoms with van der Waals surface area (Å²) in [6.07, 6.45) is 5.19. The lowest BCUT2D eigenvalue weighted by Gasteiger charge is -2.10. The number of rotatable bonds is 6. The monoisotopic (exact) mass is 335 g/mol. The van der Waals surface area contributed by atoms with Crippen LogP contribution in [-0.4, -0.2) is 52.8 Å². The van der Waals surface area contributed by atoms with Gasteiger partial charge in [0.1, 0.15) is 5.69 Å². The van der Waals surface area contributed by atoms with Crippen LogP contribution in [0.4, 0.5) is 0 Å². The van der Waals surface area contributed by atoms with E-state index >= 15 is 0 Å². The maximum Gasteiger partial charge on any atom is 0.255 e. The van der Waals surface area contributed by atoms with Gasteiger partial charge >= 0.3 is 0 Å². The van der Waals surface area contributed by atoms with Crippen molar-refractivity contribution in [3.05, 3.63) is 66.6 Å². The fourth-order valence-electron chi connectivity index (χ4n) is 2.46. The standard InChI is InChI=1S/C19H21N5O/c1-23(2)12-11-21-19(25)17-14-24(16-8-4-3-5-9-16)22-18(17)15-7-6-10-20-13-15/h3-10,13-14H,11-12H2,1-2H3,(H,21,25). The molecule has 0 aliphatic heterocycles. The van der Waals surface area contributed by atoms with Gasteiger partial charge in [0.15, 0.2) is 0 Å². The van der Waals surface area contributed by atoms with E-state index in [2.05, 4.69) is 15.4 Å². The van der Waals surface area contributed by atoms with Crippen molar-refractivity contribution in [1.82, 2.24) is 25.0 Å². The minimum atomic E-state index is -0.136. The zero-order valence-electron chi connectivity index (χ0n) is 14.4. The highest BCUT2D eigenvalue weighted by Gasteiger charge is 2.18. The number of likely N-dealkylation sites (N-methyl/N-ethyl adjacent to an activating group) is 1. The third-order valence-electron chi connectivity index (χ3n) is 3.76. The van der Waals surface area contributed by atoms with Crippen molar-refractivity contribution in [3.8, 4) is 16.9 Å². The van der Waals surface area contributed by atoms with E-state index in [-0.39, 0.29) is 5.91 Å². The van der Waals surface area contributed by atoms with E-state index in [9.17, 15) is 4.79 Å². The third-order valence-corrected chi connectivity index (χ3v) is 3.76. The van der Waals surface area contributed by atoms with E-state index < -0.39 is 0 Å². The van der Waals surface area contributed by atoms with Crippen LogP contribution < -0.4 is 5.32 Å². The number of hydrogen-bond donors (Lipinski definition) is 1. The minimum absolute atomic E-state index is 0.136. The first-order chi connectivity index (χ1) is 12.1. The number of aromatic nitrogens is 3. The molecule has 0 atom stereocenters. The molecule has 0 bridgehead atoms. The molecular weight excluding hydrogens is 314 g/mol. The molecule has 2 aromatic heterocycles. The van der Waals surface area contributed by atoms with Crippen LogP contribution in [0.2, 0.25) is 0 Å². The van der Waals surface area contributed by atoms with E-state index in [1.807, 2.05) is 61.5 Å². The average Bonchev–Trinajstić information content (AvgIpc) is 3.08. The molecule has 0 spiro atoms. The molecule has 0 radical (unpaired) electrons. The quantitative estimate of drug-likeness (QED) is 0.750. The van der Waals surface area contributed by atoms with Crippen LogP contribution in [0.15, 0.2) is 61.1 Å². The SMILES string of the molecule is CN(C)CCNC(=O)c1cn(-c2ccccc2)nc1-c1cccnc1. The summed E-state index contributed by atoms with van der Waals surface area (Å²) in [6, 6.07) is 13.5. The maximum atomic E-state index is 12.7. The highest BCUT2D eigenvalue weighted by Crippen LogP contribution is 2.23. The van der Waals surface area contributed by atoms with Crippen LogP contribution in [0.3, 0.4) is 0 Å². The molecule has 6 heteroatoms. The molecule has 0 fully saturated rings. The molecule has 1 amide bonds. The molecule has 0 saturated heterocycles. The Morgan fingerprint density at radius 3 is 2.64 bits per heavy atom. The van der Waals surface area contributed by atoms with Crippen molar-refractivity contribution in [2.24, 2.45) is 0 Å². The van der Waals surface area contributed by atoms with Gasteiger partial charge in [0, 0.05) is 37.2 Å². The lowest BCUT2D eigenvalue weighted by Crippen LogP contribution is -2.31. The van der Waals surface area contributed by atoms with Gasteiger partial charge in [-0.25, -0.2) is 4.68 Å². The Morgan fingerprint density at radius 1 is 1.16 bits per heavy atom. The molecule has 3 rings (SSSR count). The molecule has 1 N–H and O–H groups in total. The Hall–Kier alpha value is -2.99. The van der Waals surface area contributed by atoms with E-state index in [1.165, 1.54) is 0 Å². The molecule has 0 aliphatic rings. The largest absolute Gasteiger partial charge is 0.351 e. The lowest BCUT2D eigenvalue weighted by atomic mass is 10.1. The second-order valence-electron chi connectivity index (χ2n) is 5.97. The van der Waals surface area contributed by atoms with Crippen molar-refractivity contribution in [1.29, 1.82) is 0 Å². The molecule has 3 aromatic rings. The summed E-state index contributed by atoms with van der Waals surface area (Å²) >= 11 is 0. The van der Waals surface area contributed by atoms with Crippen molar-refractivity contribution < 1.29 is 4.79 Å². The summed E-state index contributed by atoms with van der Waals surface area (Å²) in [6.45, 7) is 1.36. The summed E-state index contributed by atoms with van der Waals surface area (Å²) in [5.74, 6) is -0.136. The lowest BCUT2D eigenvalue weighted by molar-refractivity contribution is 0.0951. The molecular formula is C19H21N5O. The van der Waals surface area contributed by atoms with Crippen LogP contribution in [-0.2, 0) is 0 Å². The predicted octanol–water partition coefficient (Wildman–Crippen LogP) is 2.23. The second-order valence-corrected chi connectivity index (χ2v) is 5.97. The zero-order chi connectivity index (χ0) is 17.6. The predicted molar refractivity (Wildman–Crippen MR) is 97.7 cm³/mol. The maximum absolute atomic E-state index is 12.7. The number of carbonyl (C=O) groups excluding carboxylic acids is 1. The molecule has 0 saturated carbocycles. The number of nitrogens with one attached hydrogen (secondary N) is 1. The first-order valence-corrected chi connectivity index (χ1v) is 8.13. The second kappa shape index (κ2) is 7.72. The number of hydrogen-bond acceptors (Lipinski definition) is 4. The Balaban J connectivity index is 1.95. The molecule has 0 unspecified atom stereocenters. The third kappa shape index (κ3) is 4.10. The van der Waals surface area contributed by atoms with Crippen molar-refractivity contribution in [3.63, 3.8) is 0 Å². The van der Waals surface area contributed by atoms with Crippen LogP contribution >= 0.6 is 0 Å². The first-order valence-electron chi connectivity index (χ1n) is 8.13. The number of carbonyl (C=O) groups is 1. The molecule has 128 valence electrons. The van der Waals surface area contributed by atoms with E-state index in [0.29, 0.717) is 17.8 Å². The van der Waals surface area contributed by atoms with Gasteiger partial charge in [-0.15, -0.1) is 0 Å². The van der Waals surface area contributed by atoms with Crippen LogP contribution in [0.1, 0.15) is 10.4 Å². The van der Waals surface area contributed by atoms with Gasteiger partial charge in [-0.05, 0) is 38.4 Å². The number of nitrogens with zero attached hydrogens (tertiary/aromatic N) is 4. The Morgan fingerprint density at radius 2 is 1.96 bits per heavy atom. The van der Waals surface area contributed by atoms with Gasteiger partial charge in [0.2, 0.25) is 0 Å². The smallest absolute Gasteiger partial charge is 0.255 e. The molecule has 1 aromatic carbocycles. The normalized spacial score (nSPS) is 10.8. The Kier molecular flexibility index (Phi) is 5.20. The highest BCUT2D eigenvalue weighted by atomic mass is 16.1. The van der Waals surface area contributed by atoms with Crippen LogP contribution in [0.5, 0.6) is 0 Å².